The number of carboxylic acids is 1. The minimum absolute atomic E-state index is 0.0495. The topological polar surface area (TPSA) is 79.5 Å². The fourth-order valence-corrected chi connectivity index (χ4v) is 2.45. The zero-order chi connectivity index (χ0) is 13.7. The van der Waals surface area contributed by atoms with Crippen LogP contribution in [0, 0.1) is 5.92 Å². The predicted octanol–water partition coefficient (Wildman–Crippen LogP) is 1.36. The number of aliphatic carboxylic acids is 1. The molecule has 6 nitrogen and oxygen atoms in total. The van der Waals surface area contributed by atoms with Crippen molar-refractivity contribution in [1.29, 1.82) is 0 Å². The van der Waals surface area contributed by atoms with Gasteiger partial charge in [-0.2, -0.15) is 4.98 Å². The second kappa shape index (κ2) is 6.65. The molecular formula is C13H21N3O3. The molecule has 1 saturated heterocycles. The number of aromatic nitrogens is 2. The van der Waals surface area contributed by atoms with Gasteiger partial charge in [0.25, 0.3) is 0 Å². The summed E-state index contributed by atoms with van der Waals surface area (Å²) >= 11 is 0. The number of rotatable bonds is 6. The predicted molar refractivity (Wildman–Crippen MR) is 68.8 cm³/mol. The lowest BCUT2D eigenvalue weighted by Gasteiger charge is -2.30. The Morgan fingerprint density at radius 1 is 1.47 bits per heavy atom. The van der Waals surface area contributed by atoms with Crippen LogP contribution in [-0.2, 0) is 17.6 Å². The molecule has 2 heterocycles. The van der Waals surface area contributed by atoms with Crippen LogP contribution in [-0.4, -0.2) is 45.8 Å². The second-order valence-corrected chi connectivity index (χ2v) is 5.08. The zero-order valence-corrected chi connectivity index (χ0v) is 11.3. The number of likely N-dealkylation sites (tertiary alicyclic amines) is 1. The molecule has 1 fully saturated rings. The number of piperidine rings is 1. The molecule has 1 aromatic heterocycles. The summed E-state index contributed by atoms with van der Waals surface area (Å²) in [5.74, 6) is 0.924. The van der Waals surface area contributed by atoms with Crippen molar-refractivity contribution in [1.82, 2.24) is 15.0 Å². The first-order valence-electron chi connectivity index (χ1n) is 6.93. The number of nitrogens with zero attached hydrogens (tertiary/aromatic N) is 3. The van der Waals surface area contributed by atoms with Gasteiger partial charge in [-0.15, -0.1) is 0 Å². The number of hydrogen-bond donors (Lipinski definition) is 1. The summed E-state index contributed by atoms with van der Waals surface area (Å²) in [6.07, 6.45) is 3.54. The molecule has 0 radical (unpaired) electrons. The minimum atomic E-state index is -0.835. The summed E-state index contributed by atoms with van der Waals surface area (Å²) in [5.41, 5.74) is 0. The molecule has 0 saturated carbocycles. The molecular weight excluding hydrogens is 246 g/mol. The zero-order valence-electron chi connectivity index (χ0n) is 11.3. The molecule has 1 aliphatic rings. The molecule has 0 bridgehead atoms. The van der Waals surface area contributed by atoms with E-state index in [1.165, 1.54) is 12.8 Å². The van der Waals surface area contributed by atoms with E-state index in [0.717, 1.165) is 26.1 Å². The number of carbonyl (C=O) groups is 1. The van der Waals surface area contributed by atoms with E-state index in [9.17, 15) is 4.79 Å². The highest BCUT2D eigenvalue weighted by atomic mass is 16.5. The summed E-state index contributed by atoms with van der Waals surface area (Å²) in [7, 11) is 0. The monoisotopic (exact) mass is 267 g/mol. The van der Waals surface area contributed by atoms with Crippen molar-refractivity contribution < 1.29 is 14.4 Å². The molecule has 0 amide bonds. The summed E-state index contributed by atoms with van der Waals surface area (Å²) in [5, 5.41) is 12.4. The van der Waals surface area contributed by atoms with Gasteiger partial charge in [-0.3, -0.25) is 4.79 Å². The van der Waals surface area contributed by atoms with Crippen molar-refractivity contribution in [2.24, 2.45) is 5.92 Å². The fraction of sp³-hybridized carbons (Fsp3) is 0.769. The quantitative estimate of drug-likeness (QED) is 0.838. The van der Waals surface area contributed by atoms with E-state index in [-0.39, 0.29) is 6.42 Å². The Morgan fingerprint density at radius 3 is 2.84 bits per heavy atom. The number of hydrogen-bond acceptors (Lipinski definition) is 5. The van der Waals surface area contributed by atoms with E-state index >= 15 is 0 Å². The maximum Gasteiger partial charge on any atom is 0.303 e. The average Bonchev–Trinajstić information content (AvgIpc) is 2.85. The summed E-state index contributed by atoms with van der Waals surface area (Å²) in [6.45, 7) is 5.59. The Morgan fingerprint density at radius 2 is 2.21 bits per heavy atom. The van der Waals surface area contributed by atoms with Crippen LogP contribution in [0.1, 0.15) is 37.9 Å². The van der Waals surface area contributed by atoms with Gasteiger partial charge in [0.05, 0.1) is 6.42 Å². The lowest BCUT2D eigenvalue weighted by Crippen LogP contribution is -2.34. The van der Waals surface area contributed by atoms with Crippen molar-refractivity contribution >= 4 is 5.97 Å². The third-order valence-corrected chi connectivity index (χ3v) is 3.69. The molecule has 0 aromatic carbocycles. The molecule has 106 valence electrons. The van der Waals surface area contributed by atoms with Crippen molar-refractivity contribution in [3.05, 3.63) is 11.7 Å². The van der Waals surface area contributed by atoms with Crippen molar-refractivity contribution in [2.45, 2.75) is 39.0 Å². The van der Waals surface area contributed by atoms with Gasteiger partial charge >= 0.3 is 5.97 Å². The highest BCUT2D eigenvalue weighted by molar-refractivity contribution is 5.66. The van der Waals surface area contributed by atoms with Crippen molar-refractivity contribution in [3.63, 3.8) is 0 Å². The fourth-order valence-electron chi connectivity index (χ4n) is 2.45. The van der Waals surface area contributed by atoms with Gasteiger partial charge in [0.2, 0.25) is 5.89 Å². The molecule has 1 N–H and O–H groups in total. The van der Waals surface area contributed by atoms with E-state index in [1.807, 2.05) is 0 Å². The Kier molecular flexibility index (Phi) is 4.90. The van der Waals surface area contributed by atoms with Crippen LogP contribution in [0.15, 0.2) is 4.52 Å². The highest BCUT2D eigenvalue weighted by Crippen LogP contribution is 2.20. The molecule has 0 atom stereocenters. The first kappa shape index (κ1) is 14.0. The van der Waals surface area contributed by atoms with E-state index in [0.29, 0.717) is 24.1 Å². The summed E-state index contributed by atoms with van der Waals surface area (Å²) < 4.78 is 5.19. The van der Waals surface area contributed by atoms with Crippen LogP contribution in [0.3, 0.4) is 0 Å². The summed E-state index contributed by atoms with van der Waals surface area (Å²) in [4.78, 5) is 17.2. The Hall–Kier alpha value is -1.43. The maximum absolute atomic E-state index is 10.5. The molecule has 6 heteroatoms. The van der Waals surface area contributed by atoms with Gasteiger partial charge in [0, 0.05) is 12.8 Å². The van der Waals surface area contributed by atoms with Gasteiger partial charge in [-0.05, 0) is 38.4 Å². The normalized spacial score (nSPS) is 17.7. The van der Waals surface area contributed by atoms with Crippen molar-refractivity contribution in [3.8, 4) is 0 Å². The van der Waals surface area contributed by atoms with Crippen LogP contribution in [0.5, 0.6) is 0 Å². The first-order chi connectivity index (χ1) is 9.17. The Bertz CT molecular complexity index is 411. The second-order valence-electron chi connectivity index (χ2n) is 5.08. The molecule has 1 aromatic rings. The molecule has 0 spiro atoms. The maximum atomic E-state index is 10.5. The molecule has 2 rings (SSSR count). The van der Waals surface area contributed by atoms with Crippen LogP contribution in [0.4, 0.5) is 0 Å². The SMILES string of the molecule is CCN1CCC(Cc2nc(CCC(=O)O)no2)CC1. The van der Waals surface area contributed by atoms with E-state index in [4.69, 9.17) is 9.63 Å². The highest BCUT2D eigenvalue weighted by Gasteiger charge is 2.20. The smallest absolute Gasteiger partial charge is 0.303 e. The Balaban J connectivity index is 1.78. The molecule has 0 aliphatic carbocycles. The first-order valence-corrected chi connectivity index (χ1v) is 6.93. The van der Waals surface area contributed by atoms with Crippen LogP contribution in [0.2, 0.25) is 0 Å². The lowest BCUT2D eigenvalue weighted by atomic mass is 9.93. The van der Waals surface area contributed by atoms with Gasteiger partial charge in [0.1, 0.15) is 0 Å². The van der Waals surface area contributed by atoms with Crippen LogP contribution in [0.25, 0.3) is 0 Å². The Labute approximate surface area is 112 Å². The standard InChI is InChI=1S/C13H21N3O3/c1-2-16-7-5-10(6-8-16)9-12-14-11(15-19-12)3-4-13(17)18/h10H,2-9H2,1H3,(H,17,18). The van der Waals surface area contributed by atoms with Gasteiger partial charge in [0.15, 0.2) is 5.82 Å². The third kappa shape index (κ3) is 4.31. The van der Waals surface area contributed by atoms with Gasteiger partial charge < -0.3 is 14.5 Å². The number of aryl methyl sites for hydroxylation is 1. The van der Waals surface area contributed by atoms with Crippen molar-refractivity contribution in [2.75, 3.05) is 19.6 Å². The van der Waals surface area contributed by atoms with Crippen LogP contribution >= 0.6 is 0 Å². The summed E-state index contributed by atoms with van der Waals surface area (Å²) in [6, 6.07) is 0. The van der Waals surface area contributed by atoms with E-state index in [2.05, 4.69) is 22.0 Å². The van der Waals surface area contributed by atoms with E-state index in [1.54, 1.807) is 0 Å². The van der Waals surface area contributed by atoms with Crippen LogP contribution < -0.4 is 0 Å². The third-order valence-electron chi connectivity index (χ3n) is 3.69. The largest absolute Gasteiger partial charge is 0.481 e. The minimum Gasteiger partial charge on any atom is -0.481 e. The van der Waals surface area contributed by atoms with Gasteiger partial charge in [-0.1, -0.05) is 12.1 Å². The molecule has 0 unspecified atom stereocenters. The van der Waals surface area contributed by atoms with E-state index < -0.39 is 5.97 Å². The van der Waals surface area contributed by atoms with Gasteiger partial charge in [-0.25, -0.2) is 0 Å². The molecule has 19 heavy (non-hydrogen) atoms. The average molecular weight is 267 g/mol. The number of carboxylic acid groups (broad SMARTS) is 1. The lowest BCUT2D eigenvalue weighted by molar-refractivity contribution is -0.137. The molecule has 1 aliphatic heterocycles.